The Morgan fingerprint density at radius 2 is 2.10 bits per heavy atom. The Labute approximate surface area is 123 Å². The van der Waals surface area contributed by atoms with Gasteiger partial charge in [-0.15, -0.1) is 10.2 Å². The maximum absolute atomic E-state index is 12.2. The molecule has 1 amide bonds. The molecule has 0 bridgehead atoms. The van der Waals surface area contributed by atoms with Crippen LogP contribution in [0.25, 0.3) is 0 Å². The molecule has 1 N–H and O–H groups in total. The minimum atomic E-state index is -0.00315. The van der Waals surface area contributed by atoms with Crippen LogP contribution in [0.3, 0.4) is 0 Å². The number of nitrogens with zero attached hydrogens (tertiary/aromatic N) is 4. The van der Waals surface area contributed by atoms with E-state index in [1.54, 1.807) is 11.2 Å². The second-order valence-corrected chi connectivity index (χ2v) is 5.46. The van der Waals surface area contributed by atoms with Crippen molar-refractivity contribution in [2.24, 2.45) is 7.05 Å². The van der Waals surface area contributed by atoms with Gasteiger partial charge in [0.15, 0.2) is 0 Å². The summed E-state index contributed by atoms with van der Waals surface area (Å²) in [6.07, 6.45) is 2.14. The van der Waals surface area contributed by atoms with E-state index < -0.39 is 0 Å². The van der Waals surface area contributed by atoms with Crippen LogP contribution >= 0.6 is 0 Å². The lowest BCUT2D eigenvalue weighted by Gasteiger charge is -2.33. The van der Waals surface area contributed by atoms with Crippen LogP contribution in [0.5, 0.6) is 0 Å². The largest absolute Gasteiger partial charge is 0.319 e. The highest BCUT2D eigenvalue weighted by Gasteiger charge is 2.30. The number of carbonyl (C=O) groups is 1. The van der Waals surface area contributed by atoms with Gasteiger partial charge in [0, 0.05) is 32.2 Å². The molecule has 1 aliphatic rings. The summed E-state index contributed by atoms with van der Waals surface area (Å²) in [4.78, 5) is 13.9. The van der Waals surface area contributed by atoms with Gasteiger partial charge in [0.2, 0.25) is 5.91 Å². The zero-order chi connectivity index (χ0) is 15.0. The summed E-state index contributed by atoms with van der Waals surface area (Å²) in [5.74, 6) is 0.982. The van der Waals surface area contributed by atoms with E-state index in [0.29, 0.717) is 6.42 Å². The molecule has 0 aliphatic carbocycles. The van der Waals surface area contributed by atoms with Crippen molar-refractivity contribution in [1.29, 1.82) is 0 Å². The Hall–Kier alpha value is -2.21. The number of carbonyl (C=O) groups excluding carboxylic acids is 1. The van der Waals surface area contributed by atoms with Crippen LogP contribution in [-0.4, -0.2) is 27.7 Å². The number of anilines is 1. The van der Waals surface area contributed by atoms with E-state index in [0.717, 1.165) is 17.1 Å². The number of hydrogen-bond donors (Lipinski definition) is 1. The highest BCUT2D eigenvalue weighted by molar-refractivity contribution is 5.96. The summed E-state index contributed by atoms with van der Waals surface area (Å²) in [6, 6.07) is 8.03. The van der Waals surface area contributed by atoms with Crippen LogP contribution in [-0.2, 0) is 11.8 Å². The van der Waals surface area contributed by atoms with Gasteiger partial charge in [0.25, 0.3) is 0 Å². The lowest BCUT2D eigenvalue weighted by molar-refractivity contribution is -0.119. The minimum Gasteiger partial charge on any atom is -0.319 e. The number of benzene rings is 1. The molecule has 0 fully saturated rings. The van der Waals surface area contributed by atoms with Crippen LogP contribution in [0.4, 0.5) is 5.69 Å². The van der Waals surface area contributed by atoms with Crippen molar-refractivity contribution < 1.29 is 4.79 Å². The van der Waals surface area contributed by atoms with Crippen LogP contribution in [0.15, 0.2) is 30.6 Å². The Kier molecular flexibility index (Phi) is 3.47. The molecule has 2 aromatic rings. The second kappa shape index (κ2) is 5.29. The first kappa shape index (κ1) is 13.8. The average molecular weight is 285 g/mol. The summed E-state index contributed by atoms with van der Waals surface area (Å²) >= 11 is 0. The first-order chi connectivity index (χ1) is 10.1. The number of rotatable bonds is 3. The third-order valence-electron chi connectivity index (χ3n) is 4.01. The molecule has 21 heavy (non-hydrogen) atoms. The first-order valence-electron chi connectivity index (χ1n) is 7.03. The van der Waals surface area contributed by atoms with E-state index in [1.807, 2.05) is 43.8 Å². The third kappa shape index (κ3) is 2.42. The summed E-state index contributed by atoms with van der Waals surface area (Å²) in [6.45, 7) is 2.04. The van der Waals surface area contributed by atoms with Crippen LogP contribution < -0.4 is 10.2 Å². The fourth-order valence-corrected chi connectivity index (χ4v) is 2.85. The Bertz CT molecular complexity index is 666. The molecule has 0 saturated heterocycles. The SMILES string of the molecule is CC(NC1CC(=O)N(C)c2ccccc21)c1nncn1C. The predicted octanol–water partition coefficient (Wildman–Crippen LogP) is 1.57. The van der Waals surface area contributed by atoms with Crippen molar-refractivity contribution in [3.05, 3.63) is 42.0 Å². The summed E-state index contributed by atoms with van der Waals surface area (Å²) in [5.41, 5.74) is 2.12. The minimum absolute atomic E-state index is 0.00315. The molecule has 0 saturated carbocycles. The molecule has 0 radical (unpaired) electrons. The zero-order valence-corrected chi connectivity index (χ0v) is 12.4. The molecule has 1 aromatic heterocycles. The van der Waals surface area contributed by atoms with Gasteiger partial charge < -0.3 is 14.8 Å². The molecule has 2 unspecified atom stereocenters. The first-order valence-corrected chi connectivity index (χ1v) is 7.03. The van der Waals surface area contributed by atoms with Gasteiger partial charge in [0.05, 0.1) is 6.04 Å². The fraction of sp³-hybridized carbons (Fsp3) is 0.400. The van der Waals surface area contributed by atoms with Gasteiger partial charge in [-0.3, -0.25) is 4.79 Å². The van der Waals surface area contributed by atoms with E-state index in [9.17, 15) is 4.79 Å². The number of nitrogens with one attached hydrogen (secondary N) is 1. The van der Waals surface area contributed by atoms with Gasteiger partial charge in [-0.05, 0) is 18.6 Å². The van der Waals surface area contributed by atoms with Crippen molar-refractivity contribution in [2.45, 2.75) is 25.4 Å². The molecule has 6 nitrogen and oxygen atoms in total. The smallest absolute Gasteiger partial charge is 0.228 e. The van der Waals surface area contributed by atoms with Crippen LogP contribution in [0.2, 0.25) is 0 Å². The van der Waals surface area contributed by atoms with Crippen molar-refractivity contribution in [1.82, 2.24) is 20.1 Å². The molecule has 6 heteroatoms. The van der Waals surface area contributed by atoms with Crippen molar-refractivity contribution in [3.8, 4) is 0 Å². The molecule has 0 spiro atoms. The molecule has 1 aromatic carbocycles. The van der Waals surface area contributed by atoms with Gasteiger partial charge in [-0.2, -0.15) is 0 Å². The van der Waals surface area contributed by atoms with Crippen LogP contribution in [0.1, 0.15) is 36.8 Å². The number of hydrogen-bond acceptors (Lipinski definition) is 4. The number of aryl methyl sites for hydroxylation is 1. The molecule has 2 heterocycles. The molecular formula is C15H19N5O. The van der Waals surface area contributed by atoms with Gasteiger partial charge >= 0.3 is 0 Å². The Morgan fingerprint density at radius 1 is 1.33 bits per heavy atom. The lowest BCUT2D eigenvalue weighted by Crippen LogP contribution is -2.38. The van der Waals surface area contributed by atoms with E-state index >= 15 is 0 Å². The summed E-state index contributed by atoms with van der Waals surface area (Å²) in [5, 5.41) is 11.5. The standard InChI is InChI=1S/C15H19N5O/c1-10(15-18-16-9-19(15)2)17-12-8-14(21)20(3)13-7-5-4-6-11(12)13/h4-7,9-10,12,17H,8H2,1-3H3. The molecule has 3 rings (SSSR count). The molecule has 110 valence electrons. The summed E-state index contributed by atoms with van der Waals surface area (Å²) < 4.78 is 1.89. The number of para-hydroxylation sites is 1. The lowest BCUT2D eigenvalue weighted by atomic mass is 9.95. The Morgan fingerprint density at radius 3 is 2.81 bits per heavy atom. The van der Waals surface area contributed by atoms with Crippen LogP contribution in [0, 0.1) is 0 Å². The van der Waals surface area contributed by atoms with E-state index in [4.69, 9.17) is 0 Å². The van der Waals surface area contributed by atoms with Gasteiger partial charge in [-0.1, -0.05) is 18.2 Å². The number of aromatic nitrogens is 3. The predicted molar refractivity (Wildman–Crippen MR) is 79.8 cm³/mol. The monoisotopic (exact) mass is 285 g/mol. The summed E-state index contributed by atoms with van der Waals surface area (Å²) in [7, 11) is 3.74. The zero-order valence-electron chi connectivity index (χ0n) is 12.4. The number of amides is 1. The highest BCUT2D eigenvalue weighted by atomic mass is 16.2. The normalized spacial score (nSPS) is 19.5. The maximum atomic E-state index is 12.2. The van der Waals surface area contributed by atoms with E-state index in [1.165, 1.54) is 0 Å². The van der Waals surface area contributed by atoms with Gasteiger partial charge in [0.1, 0.15) is 12.2 Å². The van der Waals surface area contributed by atoms with E-state index in [2.05, 4.69) is 21.6 Å². The average Bonchev–Trinajstić information content (AvgIpc) is 2.91. The molecule has 2 atom stereocenters. The van der Waals surface area contributed by atoms with Gasteiger partial charge in [-0.25, -0.2) is 0 Å². The number of fused-ring (bicyclic) bond motifs is 1. The van der Waals surface area contributed by atoms with Crippen molar-refractivity contribution >= 4 is 11.6 Å². The highest BCUT2D eigenvalue weighted by Crippen LogP contribution is 2.34. The van der Waals surface area contributed by atoms with E-state index in [-0.39, 0.29) is 18.0 Å². The molecule has 1 aliphatic heterocycles. The molecular weight excluding hydrogens is 266 g/mol. The topological polar surface area (TPSA) is 63.1 Å². The quantitative estimate of drug-likeness (QED) is 0.930. The van der Waals surface area contributed by atoms with Crippen molar-refractivity contribution in [2.75, 3.05) is 11.9 Å². The maximum Gasteiger partial charge on any atom is 0.228 e. The third-order valence-corrected chi connectivity index (χ3v) is 4.01. The van der Waals surface area contributed by atoms with Crippen molar-refractivity contribution in [3.63, 3.8) is 0 Å². The Balaban J connectivity index is 1.88. The fourth-order valence-electron chi connectivity index (χ4n) is 2.85. The second-order valence-electron chi connectivity index (χ2n) is 5.46.